The van der Waals surface area contributed by atoms with E-state index in [4.69, 9.17) is 10.1 Å². The summed E-state index contributed by atoms with van der Waals surface area (Å²) in [4.78, 5) is 23.7. The van der Waals surface area contributed by atoms with Gasteiger partial charge in [0, 0.05) is 48.4 Å². The third-order valence-electron chi connectivity index (χ3n) is 5.09. The van der Waals surface area contributed by atoms with Gasteiger partial charge in [0.25, 0.3) is 5.91 Å². The molecule has 2 atom stereocenters. The SMILES string of the molecule is CCOC(C)Nc1ncc(C(=O)NC2CCN(C)C2)cc1C(=N)c1ccnc(C)c1. The first-order valence-electron chi connectivity index (χ1n) is 10.3. The van der Waals surface area contributed by atoms with Crippen LogP contribution < -0.4 is 10.6 Å². The molecule has 2 aromatic heterocycles. The van der Waals surface area contributed by atoms with Gasteiger partial charge >= 0.3 is 0 Å². The monoisotopic (exact) mass is 410 g/mol. The van der Waals surface area contributed by atoms with Crippen LogP contribution in [0.2, 0.25) is 0 Å². The number of hydrogen-bond donors (Lipinski definition) is 3. The third-order valence-corrected chi connectivity index (χ3v) is 5.09. The molecule has 30 heavy (non-hydrogen) atoms. The van der Waals surface area contributed by atoms with Crippen molar-refractivity contribution in [3.63, 3.8) is 0 Å². The van der Waals surface area contributed by atoms with Gasteiger partial charge in [0.05, 0.1) is 11.3 Å². The number of likely N-dealkylation sites (N-methyl/N-ethyl adjacent to an activating group) is 1. The van der Waals surface area contributed by atoms with Gasteiger partial charge in [-0.1, -0.05) is 0 Å². The van der Waals surface area contributed by atoms with E-state index in [1.54, 1.807) is 24.5 Å². The van der Waals surface area contributed by atoms with E-state index in [1.807, 2.05) is 33.9 Å². The Morgan fingerprint density at radius 3 is 2.83 bits per heavy atom. The van der Waals surface area contributed by atoms with E-state index in [0.717, 1.165) is 25.2 Å². The van der Waals surface area contributed by atoms with Crippen molar-refractivity contribution >= 4 is 17.4 Å². The molecular formula is C22H30N6O2. The first-order chi connectivity index (χ1) is 14.4. The van der Waals surface area contributed by atoms with Crippen molar-refractivity contribution in [2.75, 3.05) is 32.1 Å². The Bertz CT molecular complexity index is 916. The van der Waals surface area contributed by atoms with Crippen LogP contribution >= 0.6 is 0 Å². The van der Waals surface area contributed by atoms with E-state index in [0.29, 0.717) is 29.1 Å². The maximum absolute atomic E-state index is 12.8. The average Bonchev–Trinajstić information content (AvgIpc) is 3.12. The smallest absolute Gasteiger partial charge is 0.253 e. The molecule has 8 heteroatoms. The van der Waals surface area contributed by atoms with E-state index in [2.05, 4.69) is 25.5 Å². The Labute approximate surface area is 177 Å². The predicted octanol–water partition coefficient (Wildman–Crippen LogP) is 2.43. The molecule has 160 valence electrons. The Hall–Kier alpha value is -2.84. The number of nitrogens with zero attached hydrogens (tertiary/aromatic N) is 3. The second-order valence-electron chi connectivity index (χ2n) is 7.64. The van der Waals surface area contributed by atoms with Gasteiger partial charge in [0.1, 0.15) is 12.0 Å². The molecule has 1 amide bonds. The zero-order valence-electron chi connectivity index (χ0n) is 18.0. The first-order valence-corrected chi connectivity index (χ1v) is 10.3. The molecule has 3 heterocycles. The number of aromatic nitrogens is 2. The molecule has 0 aromatic carbocycles. The number of rotatable bonds is 8. The summed E-state index contributed by atoms with van der Waals surface area (Å²) < 4.78 is 5.57. The predicted molar refractivity (Wildman–Crippen MR) is 117 cm³/mol. The quantitative estimate of drug-likeness (QED) is 0.456. The van der Waals surface area contributed by atoms with Crippen LogP contribution in [-0.2, 0) is 4.74 Å². The number of carbonyl (C=O) groups excluding carboxylic acids is 1. The van der Waals surface area contributed by atoms with Crippen molar-refractivity contribution < 1.29 is 9.53 Å². The molecule has 1 saturated heterocycles. The fourth-order valence-electron chi connectivity index (χ4n) is 3.56. The summed E-state index contributed by atoms with van der Waals surface area (Å²) in [5.74, 6) is 0.333. The largest absolute Gasteiger partial charge is 0.359 e. The molecule has 2 unspecified atom stereocenters. The summed E-state index contributed by atoms with van der Waals surface area (Å²) in [5, 5.41) is 15.0. The Kier molecular flexibility index (Phi) is 7.12. The minimum absolute atomic E-state index is 0.129. The van der Waals surface area contributed by atoms with Gasteiger partial charge in [-0.2, -0.15) is 0 Å². The second-order valence-corrected chi connectivity index (χ2v) is 7.64. The van der Waals surface area contributed by atoms with E-state index in [9.17, 15) is 4.79 Å². The molecule has 1 fully saturated rings. The van der Waals surface area contributed by atoms with Gasteiger partial charge < -0.3 is 20.3 Å². The minimum atomic E-state index is -0.276. The molecule has 1 aliphatic rings. The van der Waals surface area contributed by atoms with E-state index < -0.39 is 0 Å². The summed E-state index contributed by atoms with van der Waals surface area (Å²) in [7, 11) is 2.05. The Morgan fingerprint density at radius 1 is 1.37 bits per heavy atom. The number of ether oxygens (including phenoxy) is 1. The highest BCUT2D eigenvalue weighted by atomic mass is 16.5. The molecule has 8 nitrogen and oxygen atoms in total. The fourth-order valence-corrected chi connectivity index (χ4v) is 3.56. The van der Waals surface area contributed by atoms with Crippen LogP contribution in [0.25, 0.3) is 0 Å². The molecule has 0 aliphatic carbocycles. The van der Waals surface area contributed by atoms with Crippen LogP contribution in [0.1, 0.15) is 47.4 Å². The van der Waals surface area contributed by atoms with Crippen LogP contribution in [0.15, 0.2) is 30.6 Å². The zero-order valence-corrected chi connectivity index (χ0v) is 18.0. The number of amides is 1. The molecule has 3 rings (SSSR count). The number of hydrogen-bond acceptors (Lipinski definition) is 7. The van der Waals surface area contributed by atoms with Crippen molar-refractivity contribution in [3.05, 3.63) is 53.0 Å². The first kappa shape index (κ1) is 21.9. The van der Waals surface area contributed by atoms with Gasteiger partial charge in [-0.25, -0.2) is 4.98 Å². The van der Waals surface area contributed by atoms with Crippen LogP contribution in [-0.4, -0.2) is 65.5 Å². The lowest BCUT2D eigenvalue weighted by Crippen LogP contribution is -2.36. The lowest BCUT2D eigenvalue weighted by molar-refractivity contribution is 0.0938. The van der Waals surface area contributed by atoms with Crippen LogP contribution in [0.5, 0.6) is 0 Å². The zero-order chi connectivity index (χ0) is 21.7. The molecular weight excluding hydrogens is 380 g/mol. The fraction of sp³-hybridized carbons (Fsp3) is 0.455. The third kappa shape index (κ3) is 5.40. The van der Waals surface area contributed by atoms with E-state index in [1.165, 1.54) is 0 Å². The average molecular weight is 411 g/mol. The van der Waals surface area contributed by atoms with Crippen LogP contribution in [0, 0.1) is 12.3 Å². The van der Waals surface area contributed by atoms with Crippen molar-refractivity contribution in [3.8, 4) is 0 Å². The maximum atomic E-state index is 12.8. The number of aryl methyl sites for hydroxylation is 1. The number of pyridine rings is 2. The minimum Gasteiger partial charge on any atom is -0.359 e. The second kappa shape index (κ2) is 9.77. The number of anilines is 1. The topological polar surface area (TPSA) is 103 Å². The van der Waals surface area contributed by atoms with Crippen molar-refractivity contribution in [1.82, 2.24) is 20.2 Å². The van der Waals surface area contributed by atoms with Gasteiger partial charge in [-0.15, -0.1) is 0 Å². The molecule has 0 saturated carbocycles. The van der Waals surface area contributed by atoms with Gasteiger partial charge in [-0.3, -0.25) is 15.2 Å². The summed E-state index contributed by atoms with van der Waals surface area (Å²) in [6, 6.07) is 5.48. The lowest BCUT2D eigenvalue weighted by Gasteiger charge is -2.19. The normalized spacial score (nSPS) is 17.5. The molecule has 3 N–H and O–H groups in total. The maximum Gasteiger partial charge on any atom is 0.253 e. The van der Waals surface area contributed by atoms with E-state index in [-0.39, 0.29) is 23.9 Å². The van der Waals surface area contributed by atoms with Gasteiger partial charge in [-0.05, 0) is 59.0 Å². The summed E-state index contributed by atoms with van der Waals surface area (Å²) in [5.41, 5.74) is 2.79. The van der Waals surface area contributed by atoms with Crippen molar-refractivity contribution in [2.24, 2.45) is 0 Å². The molecule has 0 bridgehead atoms. The molecule has 0 radical (unpaired) electrons. The van der Waals surface area contributed by atoms with Crippen LogP contribution in [0.3, 0.4) is 0 Å². The van der Waals surface area contributed by atoms with Gasteiger partial charge in [0.15, 0.2) is 0 Å². The molecule has 2 aromatic rings. The summed E-state index contributed by atoms with van der Waals surface area (Å²) in [6.07, 6.45) is 3.88. The van der Waals surface area contributed by atoms with E-state index >= 15 is 0 Å². The molecule has 1 aliphatic heterocycles. The number of carbonyl (C=O) groups is 1. The highest BCUT2D eigenvalue weighted by Gasteiger charge is 2.23. The van der Waals surface area contributed by atoms with Crippen molar-refractivity contribution in [2.45, 2.75) is 39.5 Å². The lowest BCUT2D eigenvalue weighted by atomic mass is 10.0. The summed E-state index contributed by atoms with van der Waals surface area (Å²) in [6.45, 7) is 8.05. The van der Waals surface area contributed by atoms with Crippen molar-refractivity contribution in [1.29, 1.82) is 5.41 Å². The van der Waals surface area contributed by atoms with Crippen LogP contribution in [0.4, 0.5) is 5.82 Å². The number of likely N-dealkylation sites (tertiary alicyclic amines) is 1. The highest BCUT2D eigenvalue weighted by Crippen LogP contribution is 2.20. The standard InChI is InChI=1S/C22H30N6O2/c1-5-30-15(3)26-21-19(20(23)16-6-8-24-14(2)10-16)11-17(12-25-21)22(29)27-18-7-9-28(4)13-18/h6,8,10-12,15,18,23H,5,7,9,13H2,1-4H3,(H,25,26)(H,27,29). The Morgan fingerprint density at radius 2 is 2.17 bits per heavy atom. The molecule has 0 spiro atoms. The highest BCUT2D eigenvalue weighted by molar-refractivity contribution is 6.14. The number of nitrogens with one attached hydrogen (secondary N) is 3. The Balaban J connectivity index is 1.90. The van der Waals surface area contributed by atoms with Gasteiger partial charge in [0.2, 0.25) is 0 Å². The summed E-state index contributed by atoms with van der Waals surface area (Å²) >= 11 is 0.